The molecule has 1 rings (SSSR count). The van der Waals surface area contributed by atoms with Gasteiger partial charge in [0.1, 0.15) is 11.8 Å². The molecule has 0 fully saturated rings. The SMILES string of the molecule is Cc1cc(Br)cc(C)c1OCC(=O)NC(C)C(=O)O. The highest BCUT2D eigenvalue weighted by atomic mass is 79.9. The summed E-state index contributed by atoms with van der Waals surface area (Å²) in [5.74, 6) is -0.901. The normalized spacial score (nSPS) is 11.8. The monoisotopic (exact) mass is 329 g/mol. The van der Waals surface area contributed by atoms with Crippen molar-refractivity contribution in [2.24, 2.45) is 0 Å². The van der Waals surface area contributed by atoms with Gasteiger partial charge in [0.15, 0.2) is 6.61 Å². The Morgan fingerprint density at radius 3 is 2.37 bits per heavy atom. The third-order valence-corrected chi connectivity index (χ3v) is 2.98. The summed E-state index contributed by atoms with van der Waals surface area (Å²) in [5.41, 5.74) is 1.82. The third-order valence-electron chi connectivity index (χ3n) is 2.52. The fourth-order valence-corrected chi connectivity index (χ4v) is 2.29. The van der Waals surface area contributed by atoms with Crippen LogP contribution in [-0.2, 0) is 9.59 Å². The molecule has 1 aromatic carbocycles. The summed E-state index contributed by atoms with van der Waals surface area (Å²) in [4.78, 5) is 22.1. The number of carboxylic acids is 1. The van der Waals surface area contributed by atoms with E-state index in [9.17, 15) is 9.59 Å². The standard InChI is InChI=1S/C13H16BrNO4/c1-7-4-10(14)5-8(2)12(7)19-6-11(16)15-9(3)13(17)18/h4-5,9H,6H2,1-3H3,(H,15,16)(H,17,18). The molecule has 5 nitrogen and oxygen atoms in total. The van der Waals surface area contributed by atoms with Gasteiger partial charge >= 0.3 is 5.97 Å². The molecule has 0 heterocycles. The Morgan fingerprint density at radius 2 is 1.89 bits per heavy atom. The summed E-state index contributed by atoms with van der Waals surface area (Å²) in [6, 6.07) is 2.85. The molecule has 1 aromatic rings. The van der Waals surface area contributed by atoms with Crippen LogP contribution in [0, 0.1) is 13.8 Å². The number of carbonyl (C=O) groups excluding carboxylic acids is 1. The van der Waals surface area contributed by atoms with Crippen molar-refractivity contribution >= 4 is 27.8 Å². The van der Waals surface area contributed by atoms with E-state index < -0.39 is 17.9 Å². The molecule has 1 unspecified atom stereocenters. The van der Waals surface area contributed by atoms with E-state index in [2.05, 4.69) is 21.2 Å². The number of aliphatic carboxylic acids is 1. The van der Waals surface area contributed by atoms with E-state index in [1.807, 2.05) is 26.0 Å². The number of hydrogen-bond acceptors (Lipinski definition) is 3. The van der Waals surface area contributed by atoms with Crippen molar-refractivity contribution in [1.29, 1.82) is 0 Å². The molecule has 0 spiro atoms. The van der Waals surface area contributed by atoms with Gasteiger partial charge in [-0.1, -0.05) is 15.9 Å². The lowest BCUT2D eigenvalue weighted by atomic mass is 10.1. The quantitative estimate of drug-likeness (QED) is 0.866. The lowest BCUT2D eigenvalue weighted by Crippen LogP contribution is -2.40. The van der Waals surface area contributed by atoms with Crippen LogP contribution in [0.1, 0.15) is 18.1 Å². The minimum atomic E-state index is -1.08. The highest BCUT2D eigenvalue weighted by Crippen LogP contribution is 2.27. The van der Waals surface area contributed by atoms with Gasteiger partial charge in [0.2, 0.25) is 0 Å². The maximum absolute atomic E-state index is 11.5. The first kappa shape index (κ1) is 15.5. The minimum absolute atomic E-state index is 0.207. The molecular formula is C13H16BrNO4. The number of rotatable bonds is 5. The summed E-state index contributed by atoms with van der Waals surface area (Å²) in [6.45, 7) is 4.95. The highest BCUT2D eigenvalue weighted by molar-refractivity contribution is 9.10. The minimum Gasteiger partial charge on any atom is -0.483 e. The van der Waals surface area contributed by atoms with Crippen molar-refractivity contribution < 1.29 is 19.4 Å². The first-order valence-electron chi connectivity index (χ1n) is 5.73. The van der Waals surface area contributed by atoms with Crippen molar-refractivity contribution in [2.45, 2.75) is 26.8 Å². The molecule has 0 aliphatic heterocycles. The van der Waals surface area contributed by atoms with Crippen LogP contribution < -0.4 is 10.1 Å². The van der Waals surface area contributed by atoms with Crippen molar-refractivity contribution in [3.8, 4) is 5.75 Å². The molecule has 0 saturated carbocycles. The fourth-order valence-electron chi connectivity index (χ4n) is 1.61. The van der Waals surface area contributed by atoms with Crippen molar-refractivity contribution in [3.05, 3.63) is 27.7 Å². The molecule has 1 amide bonds. The smallest absolute Gasteiger partial charge is 0.325 e. The Bertz CT molecular complexity index is 478. The summed E-state index contributed by atoms with van der Waals surface area (Å²) >= 11 is 3.38. The number of ether oxygens (including phenoxy) is 1. The molecule has 0 aromatic heterocycles. The Labute approximate surface area is 120 Å². The average molecular weight is 330 g/mol. The van der Waals surface area contributed by atoms with E-state index >= 15 is 0 Å². The fraction of sp³-hybridized carbons (Fsp3) is 0.385. The van der Waals surface area contributed by atoms with Crippen molar-refractivity contribution in [1.82, 2.24) is 5.32 Å². The van der Waals surface area contributed by atoms with Crippen LogP contribution >= 0.6 is 15.9 Å². The maximum Gasteiger partial charge on any atom is 0.325 e. The van der Waals surface area contributed by atoms with E-state index in [4.69, 9.17) is 9.84 Å². The molecule has 0 aliphatic rings. The summed E-state index contributed by atoms with van der Waals surface area (Å²) in [6.07, 6.45) is 0. The number of aryl methyl sites for hydroxylation is 2. The van der Waals surface area contributed by atoms with Crippen LogP contribution in [0.4, 0.5) is 0 Å². The number of benzene rings is 1. The van der Waals surface area contributed by atoms with E-state index in [1.165, 1.54) is 6.92 Å². The number of hydrogen-bond donors (Lipinski definition) is 2. The lowest BCUT2D eigenvalue weighted by Gasteiger charge is -2.14. The van der Waals surface area contributed by atoms with E-state index in [-0.39, 0.29) is 6.61 Å². The van der Waals surface area contributed by atoms with Gasteiger partial charge in [-0.05, 0) is 44.0 Å². The number of amides is 1. The average Bonchev–Trinajstić information content (AvgIpc) is 2.27. The second kappa shape index (κ2) is 6.56. The van der Waals surface area contributed by atoms with Gasteiger partial charge in [-0.25, -0.2) is 0 Å². The highest BCUT2D eigenvalue weighted by Gasteiger charge is 2.15. The summed E-state index contributed by atoms with van der Waals surface area (Å²) in [5, 5.41) is 11.0. The Balaban J connectivity index is 2.63. The maximum atomic E-state index is 11.5. The largest absolute Gasteiger partial charge is 0.483 e. The molecule has 2 N–H and O–H groups in total. The Kier molecular flexibility index (Phi) is 5.35. The molecule has 104 valence electrons. The van der Waals surface area contributed by atoms with Crippen LogP contribution in [0.5, 0.6) is 5.75 Å². The third kappa shape index (κ3) is 4.55. The van der Waals surface area contributed by atoms with Gasteiger partial charge < -0.3 is 15.2 Å². The van der Waals surface area contributed by atoms with E-state index in [0.717, 1.165) is 15.6 Å². The molecule has 0 radical (unpaired) electrons. The molecule has 0 saturated heterocycles. The van der Waals surface area contributed by atoms with Gasteiger partial charge in [0.25, 0.3) is 5.91 Å². The predicted octanol–water partition coefficient (Wildman–Crippen LogP) is 2.03. The van der Waals surface area contributed by atoms with Gasteiger partial charge in [-0.2, -0.15) is 0 Å². The van der Waals surface area contributed by atoms with Crippen molar-refractivity contribution in [2.75, 3.05) is 6.61 Å². The van der Waals surface area contributed by atoms with E-state index in [1.54, 1.807) is 0 Å². The zero-order chi connectivity index (χ0) is 14.6. The van der Waals surface area contributed by atoms with Crippen LogP contribution in [0.3, 0.4) is 0 Å². The molecule has 0 aliphatic carbocycles. The van der Waals surface area contributed by atoms with Crippen LogP contribution in [0.2, 0.25) is 0 Å². The number of nitrogens with one attached hydrogen (secondary N) is 1. The van der Waals surface area contributed by atoms with Crippen molar-refractivity contribution in [3.63, 3.8) is 0 Å². The summed E-state index contributed by atoms with van der Waals surface area (Å²) < 4.78 is 6.38. The first-order valence-corrected chi connectivity index (χ1v) is 6.52. The molecular weight excluding hydrogens is 314 g/mol. The second-order valence-corrected chi connectivity index (χ2v) is 5.20. The van der Waals surface area contributed by atoms with Gasteiger partial charge in [0.05, 0.1) is 0 Å². The number of carbonyl (C=O) groups is 2. The van der Waals surface area contributed by atoms with Gasteiger partial charge in [-0.15, -0.1) is 0 Å². The first-order chi connectivity index (χ1) is 8.81. The molecule has 6 heteroatoms. The topological polar surface area (TPSA) is 75.6 Å². The summed E-state index contributed by atoms with van der Waals surface area (Å²) in [7, 11) is 0. The lowest BCUT2D eigenvalue weighted by molar-refractivity contribution is -0.141. The Hall–Kier alpha value is -1.56. The Morgan fingerprint density at radius 1 is 1.37 bits per heavy atom. The van der Waals surface area contributed by atoms with Gasteiger partial charge in [0, 0.05) is 4.47 Å². The van der Waals surface area contributed by atoms with Crippen LogP contribution in [0.25, 0.3) is 0 Å². The van der Waals surface area contributed by atoms with E-state index in [0.29, 0.717) is 5.75 Å². The molecule has 19 heavy (non-hydrogen) atoms. The number of halogens is 1. The molecule has 1 atom stereocenters. The van der Waals surface area contributed by atoms with Crippen LogP contribution in [0.15, 0.2) is 16.6 Å². The van der Waals surface area contributed by atoms with Gasteiger partial charge in [-0.3, -0.25) is 9.59 Å². The predicted molar refractivity (Wildman–Crippen MR) is 74.4 cm³/mol. The number of carboxylic acid groups (broad SMARTS) is 1. The second-order valence-electron chi connectivity index (χ2n) is 4.28. The molecule has 0 bridgehead atoms. The zero-order valence-corrected chi connectivity index (χ0v) is 12.6. The van der Waals surface area contributed by atoms with Crippen LogP contribution in [-0.4, -0.2) is 29.6 Å². The zero-order valence-electron chi connectivity index (χ0n) is 11.0.